The summed E-state index contributed by atoms with van der Waals surface area (Å²) < 4.78 is 5.51. The lowest BCUT2D eigenvalue weighted by atomic mass is 10.2. The smallest absolute Gasteiger partial charge is 0.219 e. The molecular weight excluding hydrogens is 210 g/mol. The van der Waals surface area contributed by atoms with E-state index in [0.29, 0.717) is 16.7 Å². The van der Waals surface area contributed by atoms with Crippen molar-refractivity contribution in [3.05, 3.63) is 60.1 Å². The van der Waals surface area contributed by atoms with E-state index in [2.05, 4.69) is 11.9 Å². The van der Waals surface area contributed by atoms with Crippen LogP contribution in [0.3, 0.4) is 0 Å². The van der Waals surface area contributed by atoms with Crippen molar-refractivity contribution in [2.45, 2.75) is 0 Å². The molecule has 1 aromatic carbocycles. The quantitative estimate of drug-likeness (QED) is 0.767. The second kappa shape index (κ2) is 4.32. The predicted molar refractivity (Wildman–Crippen MR) is 60.2 cm³/mol. The predicted octanol–water partition coefficient (Wildman–Crippen LogP) is 3.71. The third kappa shape index (κ3) is 2.48. The lowest BCUT2D eigenvalue weighted by Crippen LogP contribution is -1.88. The fourth-order valence-electron chi connectivity index (χ4n) is 1.15. The lowest BCUT2D eigenvalue weighted by molar-refractivity contribution is 0.463. The average molecular weight is 219 g/mol. The molecule has 1 radical (unpaired) electrons. The van der Waals surface area contributed by atoms with Crippen molar-refractivity contribution in [3.63, 3.8) is 0 Å². The molecule has 0 aliphatic carbocycles. The Labute approximate surface area is 93.5 Å². The van der Waals surface area contributed by atoms with Gasteiger partial charge < -0.3 is 4.74 Å². The zero-order valence-corrected chi connectivity index (χ0v) is 8.74. The van der Waals surface area contributed by atoms with Crippen LogP contribution in [0.5, 0.6) is 11.6 Å². The van der Waals surface area contributed by atoms with Gasteiger partial charge in [-0.15, -0.1) is 0 Å². The molecule has 2 rings (SSSR count). The minimum Gasteiger partial charge on any atom is -0.437 e. The summed E-state index contributed by atoms with van der Waals surface area (Å²) in [5.74, 6) is 1.09. The maximum atomic E-state index is 5.97. The van der Waals surface area contributed by atoms with Gasteiger partial charge in [0.25, 0.3) is 0 Å². The van der Waals surface area contributed by atoms with Crippen LogP contribution in [0.4, 0.5) is 0 Å². The summed E-state index contributed by atoms with van der Waals surface area (Å²) in [7, 11) is 0. The van der Waals surface area contributed by atoms with Gasteiger partial charge in [-0.25, -0.2) is 4.98 Å². The minimum atomic E-state index is 0.519. The van der Waals surface area contributed by atoms with Gasteiger partial charge in [0.2, 0.25) is 5.88 Å². The molecule has 0 bridgehead atoms. The van der Waals surface area contributed by atoms with Crippen LogP contribution in [-0.4, -0.2) is 4.98 Å². The summed E-state index contributed by atoms with van der Waals surface area (Å²) in [5, 5.41) is 0.549. The maximum Gasteiger partial charge on any atom is 0.219 e. The number of pyridine rings is 1. The van der Waals surface area contributed by atoms with Crippen LogP contribution >= 0.6 is 11.6 Å². The topological polar surface area (TPSA) is 22.1 Å². The maximum absolute atomic E-state index is 5.97. The van der Waals surface area contributed by atoms with E-state index in [4.69, 9.17) is 16.3 Å². The number of halogens is 1. The molecule has 0 N–H and O–H groups in total. The number of aromatic nitrogens is 1. The fraction of sp³-hybridized carbons (Fsp3) is 0. The van der Waals surface area contributed by atoms with Crippen LogP contribution in [0.25, 0.3) is 0 Å². The van der Waals surface area contributed by atoms with Gasteiger partial charge in [0.1, 0.15) is 5.75 Å². The monoisotopic (exact) mass is 218 g/mol. The Kier molecular flexibility index (Phi) is 2.88. The van der Waals surface area contributed by atoms with Crippen molar-refractivity contribution in [2.24, 2.45) is 0 Å². The van der Waals surface area contributed by atoms with Crippen molar-refractivity contribution in [3.8, 4) is 11.6 Å². The number of hydrogen-bond donors (Lipinski definition) is 0. The Morgan fingerprint density at radius 2 is 2.07 bits per heavy atom. The SMILES string of the molecule is [CH2]c1ccc(Cl)c(Oc2ccccn2)c1. The molecule has 0 spiro atoms. The molecule has 0 saturated heterocycles. The summed E-state index contributed by atoms with van der Waals surface area (Å²) in [6.45, 7) is 3.80. The normalized spacial score (nSPS) is 10.0. The molecule has 3 heteroatoms. The van der Waals surface area contributed by atoms with Crippen molar-refractivity contribution >= 4 is 11.6 Å². The highest BCUT2D eigenvalue weighted by molar-refractivity contribution is 6.32. The molecule has 0 amide bonds. The van der Waals surface area contributed by atoms with E-state index < -0.39 is 0 Å². The van der Waals surface area contributed by atoms with Crippen molar-refractivity contribution in [1.29, 1.82) is 0 Å². The number of benzene rings is 1. The Morgan fingerprint density at radius 3 is 2.80 bits per heavy atom. The van der Waals surface area contributed by atoms with Gasteiger partial charge in [0.05, 0.1) is 5.02 Å². The molecule has 75 valence electrons. The second-order valence-electron chi connectivity index (χ2n) is 3.03. The fourth-order valence-corrected chi connectivity index (χ4v) is 1.30. The van der Waals surface area contributed by atoms with Gasteiger partial charge in [-0.3, -0.25) is 0 Å². The zero-order valence-electron chi connectivity index (χ0n) is 7.98. The summed E-state index contributed by atoms with van der Waals surface area (Å²) >= 11 is 5.97. The zero-order chi connectivity index (χ0) is 10.7. The number of ether oxygens (including phenoxy) is 1. The molecule has 0 atom stereocenters. The van der Waals surface area contributed by atoms with E-state index in [9.17, 15) is 0 Å². The molecule has 0 aliphatic rings. The van der Waals surface area contributed by atoms with Crippen molar-refractivity contribution in [2.75, 3.05) is 0 Å². The molecule has 1 heterocycles. The highest BCUT2D eigenvalue weighted by atomic mass is 35.5. The van der Waals surface area contributed by atoms with Gasteiger partial charge in [0, 0.05) is 12.3 Å². The van der Waals surface area contributed by atoms with E-state index >= 15 is 0 Å². The van der Waals surface area contributed by atoms with Crippen molar-refractivity contribution in [1.82, 2.24) is 4.98 Å². The van der Waals surface area contributed by atoms with Crippen molar-refractivity contribution < 1.29 is 4.74 Å². The van der Waals surface area contributed by atoms with Crippen LogP contribution in [-0.2, 0) is 0 Å². The van der Waals surface area contributed by atoms with Gasteiger partial charge in [-0.1, -0.05) is 23.7 Å². The van der Waals surface area contributed by atoms with Crippen LogP contribution in [0.1, 0.15) is 5.56 Å². The summed E-state index contributed by atoms with van der Waals surface area (Å²) in [4.78, 5) is 4.04. The first kappa shape index (κ1) is 9.99. The third-order valence-electron chi connectivity index (χ3n) is 1.85. The standard InChI is InChI=1S/C12H9ClNO/c1-9-5-6-10(13)11(8-9)15-12-4-2-3-7-14-12/h2-8H,1H2. The van der Waals surface area contributed by atoms with Crippen LogP contribution in [0.15, 0.2) is 42.6 Å². The molecule has 2 nitrogen and oxygen atoms in total. The summed E-state index contributed by atoms with van der Waals surface area (Å²) in [6.07, 6.45) is 1.66. The molecular formula is C12H9ClNO. The highest BCUT2D eigenvalue weighted by Gasteiger charge is 2.03. The van der Waals surface area contributed by atoms with Gasteiger partial charge in [-0.05, 0) is 30.7 Å². The molecule has 2 aromatic rings. The van der Waals surface area contributed by atoms with E-state index in [1.807, 2.05) is 18.2 Å². The van der Waals surface area contributed by atoms with Crippen LogP contribution < -0.4 is 4.74 Å². The molecule has 1 aromatic heterocycles. The van der Waals surface area contributed by atoms with Crippen LogP contribution in [0, 0.1) is 6.92 Å². The molecule has 0 aliphatic heterocycles. The number of rotatable bonds is 2. The van der Waals surface area contributed by atoms with E-state index in [0.717, 1.165) is 5.56 Å². The Hall–Kier alpha value is -1.54. The molecule has 0 unspecified atom stereocenters. The Bertz CT molecular complexity index is 456. The van der Waals surface area contributed by atoms with E-state index in [-0.39, 0.29) is 0 Å². The molecule has 15 heavy (non-hydrogen) atoms. The largest absolute Gasteiger partial charge is 0.437 e. The highest BCUT2D eigenvalue weighted by Crippen LogP contribution is 2.28. The van der Waals surface area contributed by atoms with Gasteiger partial charge in [0.15, 0.2) is 0 Å². The first-order chi connectivity index (χ1) is 7.25. The third-order valence-corrected chi connectivity index (χ3v) is 2.16. The Balaban J connectivity index is 2.28. The first-order valence-electron chi connectivity index (χ1n) is 4.46. The Morgan fingerprint density at radius 1 is 1.20 bits per heavy atom. The minimum absolute atomic E-state index is 0.519. The van der Waals surface area contributed by atoms with Gasteiger partial charge >= 0.3 is 0 Å². The number of hydrogen-bond acceptors (Lipinski definition) is 2. The van der Waals surface area contributed by atoms with E-state index in [1.165, 1.54) is 0 Å². The second-order valence-corrected chi connectivity index (χ2v) is 3.44. The summed E-state index contributed by atoms with van der Waals surface area (Å²) in [6, 6.07) is 10.8. The van der Waals surface area contributed by atoms with Gasteiger partial charge in [-0.2, -0.15) is 0 Å². The van der Waals surface area contributed by atoms with Crippen LogP contribution in [0.2, 0.25) is 5.02 Å². The molecule has 0 saturated carbocycles. The average Bonchev–Trinajstić information content (AvgIpc) is 2.25. The van der Waals surface area contributed by atoms with E-state index in [1.54, 1.807) is 24.4 Å². The lowest BCUT2D eigenvalue weighted by Gasteiger charge is -2.06. The summed E-state index contributed by atoms with van der Waals surface area (Å²) in [5.41, 5.74) is 0.852. The molecule has 0 fully saturated rings. The first-order valence-corrected chi connectivity index (χ1v) is 4.84. The number of nitrogens with zero attached hydrogens (tertiary/aromatic N) is 1.